The zero-order valence-corrected chi connectivity index (χ0v) is 22.7. The summed E-state index contributed by atoms with van der Waals surface area (Å²) in [5, 5.41) is 0. The largest absolute Gasteiger partial charge is 0.0654 e. The molecule has 3 aromatic rings. The molecule has 35 heavy (non-hydrogen) atoms. The van der Waals surface area contributed by atoms with Crippen molar-refractivity contribution in [3.05, 3.63) is 82.9 Å². The molecule has 0 N–H and O–H groups in total. The van der Waals surface area contributed by atoms with Gasteiger partial charge in [0.2, 0.25) is 0 Å². The summed E-state index contributed by atoms with van der Waals surface area (Å²) in [7, 11) is 0. The molecule has 0 bridgehead atoms. The van der Waals surface area contributed by atoms with Crippen LogP contribution in [0.2, 0.25) is 0 Å². The Morgan fingerprint density at radius 3 is 2.06 bits per heavy atom. The van der Waals surface area contributed by atoms with E-state index in [0.29, 0.717) is 0 Å². The lowest BCUT2D eigenvalue weighted by molar-refractivity contribution is 0.303. The first kappa shape index (κ1) is 25.7. The van der Waals surface area contributed by atoms with Crippen LogP contribution < -0.4 is 0 Å². The zero-order valence-electron chi connectivity index (χ0n) is 22.7. The predicted octanol–water partition coefficient (Wildman–Crippen LogP) is 10.7. The minimum absolute atomic E-state index is 0.759. The van der Waals surface area contributed by atoms with Crippen LogP contribution in [0, 0.1) is 12.8 Å². The quantitative estimate of drug-likeness (QED) is 0.261. The van der Waals surface area contributed by atoms with Crippen LogP contribution in [0.25, 0.3) is 22.3 Å². The highest BCUT2D eigenvalue weighted by Gasteiger charge is 2.22. The molecule has 1 saturated carbocycles. The Morgan fingerprint density at radius 2 is 1.40 bits per heavy atom. The molecular formula is C35H46. The summed E-state index contributed by atoms with van der Waals surface area (Å²) in [4.78, 5) is 0. The Bertz CT molecular complexity index is 1060. The van der Waals surface area contributed by atoms with Gasteiger partial charge < -0.3 is 0 Å². The Kier molecular flexibility index (Phi) is 9.25. The van der Waals surface area contributed by atoms with Gasteiger partial charge in [0.1, 0.15) is 0 Å². The maximum atomic E-state index is 2.49. The summed E-state index contributed by atoms with van der Waals surface area (Å²) in [6, 6.07) is 23.6. The zero-order chi connectivity index (χ0) is 24.6. The molecule has 0 spiro atoms. The fourth-order valence-electron chi connectivity index (χ4n) is 6.21. The van der Waals surface area contributed by atoms with Gasteiger partial charge in [0.15, 0.2) is 0 Å². The van der Waals surface area contributed by atoms with E-state index < -0.39 is 0 Å². The molecule has 0 radical (unpaired) electrons. The molecule has 0 heterocycles. The van der Waals surface area contributed by atoms with E-state index in [0.717, 1.165) is 24.7 Å². The third-order valence-electron chi connectivity index (χ3n) is 8.39. The van der Waals surface area contributed by atoms with Crippen molar-refractivity contribution in [2.45, 2.75) is 104 Å². The second-order valence-electron chi connectivity index (χ2n) is 11.0. The van der Waals surface area contributed by atoms with Crippen LogP contribution in [0.15, 0.2) is 60.7 Å². The summed E-state index contributed by atoms with van der Waals surface area (Å²) in [5.74, 6) is 1.74. The first-order valence-corrected chi connectivity index (χ1v) is 14.5. The van der Waals surface area contributed by atoms with Crippen LogP contribution in [-0.2, 0) is 12.8 Å². The molecule has 0 heteroatoms. The third kappa shape index (κ3) is 6.46. The standard InChI is InChI=1S/C35H46/c1-5-8-9-11-28-12-16-30(17-13-28)32-20-22-34(26(4)24-32)33-21-23-35(29(7-3)25-33)31-18-14-27(10-6-2)15-19-31/h14-15,18-25,28,30H,5-13,16-17H2,1-4H3. The van der Waals surface area contributed by atoms with E-state index in [-0.39, 0.29) is 0 Å². The second-order valence-corrected chi connectivity index (χ2v) is 11.0. The summed E-state index contributed by atoms with van der Waals surface area (Å²) in [6.07, 6.45) is 14.7. The van der Waals surface area contributed by atoms with Gasteiger partial charge in [-0.15, -0.1) is 0 Å². The first-order valence-electron chi connectivity index (χ1n) is 14.5. The lowest BCUT2D eigenvalue weighted by Gasteiger charge is -2.29. The van der Waals surface area contributed by atoms with Crippen molar-refractivity contribution in [2.24, 2.45) is 5.92 Å². The molecule has 0 saturated heterocycles. The first-order chi connectivity index (χ1) is 17.1. The lowest BCUT2D eigenvalue weighted by atomic mass is 9.76. The fourth-order valence-corrected chi connectivity index (χ4v) is 6.21. The maximum Gasteiger partial charge on any atom is -0.0152 e. The van der Waals surface area contributed by atoms with Crippen LogP contribution in [-0.4, -0.2) is 0 Å². The van der Waals surface area contributed by atoms with Crippen molar-refractivity contribution in [1.29, 1.82) is 0 Å². The van der Waals surface area contributed by atoms with Gasteiger partial charge in [0, 0.05) is 0 Å². The van der Waals surface area contributed by atoms with E-state index in [4.69, 9.17) is 0 Å². The summed E-state index contributed by atoms with van der Waals surface area (Å²) >= 11 is 0. The molecule has 0 aliphatic heterocycles. The van der Waals surface area contributed by atoms with Crippen LogP contribution in [0.1, 0.15) is 107 Å². The molecule has 0 unspecified atom stereocenters. The number of aryl methyl sites for hydroxylation is 3. The van der Waals surface area contributed by atoms with Gasteiger partial charge in [-0.2, -0.15) is 0 Å². The predicted molar refractivity (Wildman–Crippen MR) is 154 cm³/mol. The number of rotatable bonds is 10. The third-order valence-corrected chi connectivity index (χ3v) is 8.39. The normalized spacial score (nSPS) is 18.1. The molecule has 0 aromatic heterocycles. The van der Waals surface area contributed by atoms with Crippen LogP contribution in [0.5, 0.6) is 0 Å². The lowest BCUT2D eigenvalue weighted by Crippen LogP contribution is -2.13. The van der Waals surface area contributed by atoms with E-state index in [1.54, 1.807) is 5.56 Å². The highest BCUT2D eigenvalue weighted by molar-refractivity contribution is 5.75. The molecule has 0 atom stereocenters. The molecule has 0 nitrogen and oxygen atoms in total. The van der Waals surface area contributed by atoms with Gasteiger partial charge in [0.05, 0.1) is 0 Å². The van der Waals surface area contributed by atoms with E-state index in [1.165, 1.54) is 96.7 Å². The molecule has 186 valence electrons. The summed E-state index contributed by atoms with van der Waals surface area (Å²) in [6.45, 7) is 9.15. The Morgan fingerprint density at radius 1 is 0.686 bits per heavy atom. The van der Waals surface area contributed by atoms with Crippen molar-refractivity contribution in [3.63, 3.8) is 0 Å². The van der Waals surface area contributed by atoms with E-state index in [1.807, 2.05) is 0 Å². The van der Waals surface area contributed by atoms with Crippen molar-refractivity contribution in [1.82, 2.24) is 0 Å². The van der Waals surface area contributed by atoms with Crippen LogP contribution in [0.3, 0.4) is 0 Å². The average molecular weight is 467 g/mol. The van der Waals surface area contributed by atoms with Crippen LogP contribution in [0.4, 0.5) is 0 Å². The van der Waals surface area contributed by atoms with Gasteiger partial charge >= 0.3 is 0 Å². The monoisotopic (exact) mass is 466 g/mol. The fraction of sp³-hybridized carbons (Fsp3) is 0.486. The Balaban J connectivity index is 1.47. The number of hydrogen-bond acceptors (Lipinski definition) is 0. The molecule has 3 aromatic carbocycles. The minimum atomic E-state index is 0.759. The molecule has 1 aliphatic rings. The van der Waals surface area contributed by atoms with E-state index in [9.17, 15) is 0 Å². The van der Waals surface area contributed by atoms with Gasteiger partial charge in [-0.25, -0.2) is 0 Å². The topological polar surface area (TPSA) is 0 Å². The molecule has 0 amide bonds. The SMILES string of the molecule is CCCCCC1CCC(c2ccc(-c3ccc(-c4ccc(CCC)cc4)c(CC)c3)c(C)c2)CC1. The van der Waals surface area contributed by atoms with Gasteiger partial charge in [-0.05, 0) is 102 Å². The Labute approximate surface area is 215 Å². The Hall–Kier alpha value is -2.34. The van der Waals surface area contributed by atoms with Gasteiger partial charge in [-0.3, -0.25) is 0 Å². The van der Waals surface area contributed by atoms with Crippen molar-refractivity contribution >= 4 is 0 Å². The smallest absolute Gasteiger partial charge is 0.0152 e. The van der Waals surface area contributed by atoms with Crippen molar-refractivity contribution in [3.8, 4) is 22.3 Å². The number of hydrogen-bond donors (Lipinski definition) is 0. The van der Waals surface area contributed by atoms with E-state index >= 15 is 0 Å². The van der Waals surface area contributed by atoms with Crippen LogP contribution >= 0.6 is 0 Å². The molecular weight excluding hydrogens is 420 g/mol. The average Bonchev–Trinajstić information content (AvgIpc) is 2.89. The van der Waals surface area contributed by atoms with Gasteiger partial charge in [-0.1, -0.05) is 114 Å². The highest BCUT2D eigenvalue weighted by atomic mass is 14.3. The molecule has 1 aliphatic carbocycles. The maximum absolute atomic E-state index is 2.49. The summed E-state index contributed by atoms with van der Waals surface area (Å²) in [5.41, 5.74) is 11.3. The number of unbranched alkanes of at least 4 members (excludes halogenated alkanes) is 2. The highest BCUT2D eigenvalue weighted by Crippen LogP contribution is 2.39. The number of benzene rings is 3. The van der Waals surface area contributed by atoms with Crippen molar-refractivity contribution in [2.75, 3.05) is 0 Å². The second kappa shape index (κ2) is 12.6. The van der Waals surface area contributed by atoms with Gasteiger partial charge in [0.25, 0.3) is 0 Å². The summed E-state index contributed by atoms with van der Waals surface area (Å²) < 4.78 is 0. The molecule has 4 rings (SSSR count). The van der Waals surface area contributed by atoms with E-state index in [2.05, 4.69) is 88.4 Å². The van der Waals surface area contributed by atoms with Crippen molar-refractivity contribution < 1.29 is 0 Å². The molecule has 1 fully saturated rings. The minimum Gasteiger partial charge on any atom is -0.0654 e.